The van der Waals surface area contributed by atoms with Crippen molar-refractivity contribution in [3.63, 3.8) is 0 Å². The number of benzene rings is 4. The van der Waals surface area contributed by atoms with E-state index in [1.54, 1.807) is 13.2 Å². The molecule has 0 bridgehead atoms. The molecule has 3 saturated heterocycles. The van der Waals surface area contributed by atoms with E-state index in [4.69, 9.17) is 19.2 Å². The van der Waals surface area contributed by atoms with Crippen molar-refractivity contribution in [2.75, 3.05) is 74.7 Å². The first-order chi connectivity index (χ1) is 38.1. The van der Waals surface area contributed by atoms with Crippen LogP contribution >= 0.6 is 0 Å². The van der Waals surface area contributed by atoms with Gasteiger partial charge in [0.1, 0.15) is 28.9 Å². The van der Waals surface area contributed by atoms with E-state index in [2.05, 4.69) is 77.9 Å². The number of piperidine rings is 1. The highest BCUT2D eigenvalue weighted by molar-refractivity contribution is 7.90. The van der Waals surface area contributed by atoms with E-state index < -0.39 is 43.1 Å². The Bertz CT molecular complexity index is 3350. The van der Waals surface area contributed by atoms with Crippen LogP contribution in [0, 0.1) is 28.4 Å². The van der Waals surface area contributed by atoms with E-state index in [1.807, 2.05) is 49.5 Å². The van der Waals surface area contributed by atoms with Crippen LogP contribution in [0.1, 0.15) is 97.8 Å². The molecule has 6 heterocycles. The molecule has 5 fully saturated rings. The Labute approximate surface area is 461 Å². The first-order valence-electron chi connectivity index (χ1n) is 28.0. The van der Waals surface area contributed by atoms with Crippen molar-refractivity contribution in [1.29, 1.82) is 0 Å². The maximum absolute atomic E-state index is 14.8. The number of nitro benzene ring substituents is 1. The summed E-state index contributed by atoms with van der Waals surface area (Å²) >= 11 is 0. The van der Waals surface area contributed by atoms with Crippen molar-refractivity contribution in [3.8, 4) is 11.6 Å². The molecule has 2 aromatic heterocycles. The molecule has 18 nitrogen and oxygen atoms in total. The van der Waals surface area contributed by atoms with Gasteiger partial charge in [-0.3, -0.25) is 24.7 Å². The molecule has 1 amide bonds. The third kappa shape index (κ3) is 10.7. The van der Waals surface area contributed by atoms with Crippen molar-refractivity contribution < 1.29 is 37.5 Å². The summed E-state index contributed by atoms with van der Waals surface area (Å²) in [5, 5.41) is 26.8. The number of carbonyl (C=O) groups excluding carboxylic acids is 1. The summed E-state index contributed by atoms with van der Waals surface area (Å²) in [7, 11) is -2.93. The summed E-state index contributed by atoms with van der Waals surface area (Å²) in [5.74, 6) is 0.547. The molecule has 12 rings (SSSR count). The maximum Gasteiger partial charge on any atom is 0.293 e. The van der Waals surface area contributed by atoms with E-state index in [1.165, 1.54) is 28.8 Å². The molecule has 4 aromatic carbocycles. The number of piperazine rings is 1. The number of aromatic amines is 1. The van der Waals surface area contributed by atoms with Gasteiger partial charge in [-0.15, -0.1) is 0 Å². The number of aromatic nitrogens is 2. The van der Waals surface area contributed by atoms with Crippen molar-refractivity contribution >= 4 is 55.4 Å². The average molecular weight is 1090 g/mol. The fourth-order valence-corrected chi connectivity index (χ4v) is 14.5. The van der Waals surface area contributed by atoms with Crippen LogP contribution in [0.4, 0.5) is 28.4 Å². The minimum atomic E-state index is -4.63. The van der Waals surface area contributed by atoms with Crippen LogP contribution in [0.15, 0.2) is 108 Å². The third-order valence-corrected chi connectivity index (χ3v) is 19.5. The number of aliphatic hydroxyl groups is 1. The summed E-state index contributed by atoms with van der Waals surface area (Å²) in [6.45, 7) is 10.8. The zero-order chi connectivity index (χ0) is 54.6. The fourth-order valence-electron chi connectivity index (χ4n) is 13.5. The molecule has 6 aliphatic rings. The first-order valence-corrected chi connectivity index (χ1v) is 29.5. The maximum atomic E-state index is 14.8. The van der Waals surface area contributed by atoms with Crippen LogP contribution in [0.5, 0.6) is 11.6 Å². The summed E-state index contributed by atoms with van der Waals surface area (Å²) in [4.78, 5) is 44.1. The van der Waals surface area contributed by atoms with Gasteiger partial charge in [0.25, 0.3) is 21.6 Å². The normalized spacial score (nSPS) is 24.5. The van der Waals surface area contributed by atoms with Gasteiger partial charge in [-0.2, -0.15) is 4.98 Å². The highest BCUT2D eigenvalue weighted by Gasteiger charge is 2.50. The number of methoxy groups -OCH3 is 1. The molecule has 2 aliphatic carbocycles. The van der Waals surface area contributed by atoms with Gasteiger partial charge in [-0.05, 0) is 154 Å². The zero-order valence-corrected chi connectivity index (χ0v) is 46.1. The van der Waals surface area contributed by atoms with E-state index in [-0.39, 0.29) is 28.6 Å². The Hall–Kier alpha value is -6.77. The molecular weight excluding hydrogens is 1020 g/mol. The number of nitro groups is 1. The number of carbonyl (C=O) groups is 1. The molecule has 1 spiro atoms. The van der Waals surface area contributed by atoms with E-state index in [9.17, 15) is 28.4 Å². The van der Waals surface area contributed by atoms with Gasteiger partial charge in [0.15, 0.2) is 0 Å². The lowest BCUT2D eigenvalue weighted by Crippen LogP contribution is -2.59. The van der Waals surface area contributed by atoms with Crippen LogP contribution < -0.4 is 29.3 Å². The van der Waals surface area contributed by atoms with E-state index >= 15 is 0 Å². The third-order valence-electron chi connectivity index (χ3n) is 18.2. The number of pyridine rings is 1. The highest BCUT2D eigenvalue weighted by atomic mass is 32.2. The molecule has 4 aliphatic heterocycles. The van der Waals surface area contributed by atoms with E-state index in [0.717, 1.165) is 101 Å². The smallest absolute Gasteiger partial charge is 0.293 e. The number of anilines is 4. The quantitative estimate of drug-likeness (QED) is 0.0592. The molecule has 0 unspecified atom stereocenters. The number of aryl methyl sites for hydroxylation is 1. The zero-order valence-electron chi connectivity index (χ0n) is 45.2. The monoisotopic (exact) mass is 1090 g/mol. The number of hydrogen-bond acceptors (Lipinski definition) is 15. The van der Waals surface area contributed by atoms with Crippen LogP contribution in [0.3, 0.4) is 0 Å². The van der Waals surface area contributed by atoms with Crippen molar-refractivity contribution in [3.05, 3.63) is 136 Å². The van der Waals surface area contributed by atoms with Crippen LogP contribution in [-0.4, -0.2) is 128 Å². The second-order valence-electron chi connectivity index (χ2n) is 23.3. The van der Waals surface area contributed by atoms with Gasteiger partial charge >= 0.3 is 0 Å². The molecule has 6 aromatic rings. The molecule has 3 atom stereocenters. The molecule has 19 heteroatoms. The number of H-pyrrole nitrogens is 1. The number of amides is 1. The van der Waals surface area contributed by atoms with Gasteiger partial charge in [0, 0.05) is 87.8 Å². The average Bonchev–Trinajstić information content (AvgIpc) is 4.08. The number of ether oxygens (including phenoxy) is 3. The fraction of sp³-hybridized carbons (Fsp3) is 0.467. The topological polar surface area (TPSA) is 208 Å². The predicted molar refractivity (Wildman–Crippen MR) is 303 cm³/mol. The van der Waals surface area contributed by atoms with Crippen molar-refractivity contribution in [2.24, 2.45) is 11.3 Å². The second-order valence-corrected chi connectivity index (χ2v) is 25.0. The number of nitrogens with zero attached hydrogens (tertiary/aromatic N) is 6. The number of nitrogens with one attached hydrogen (secondary N) is 3. The van der Waals surface area contributed by atoms with Gasteiger partial charge in [-0.25, -0.2) is 13.1 Å². The minimum Gasteiger partial charge on any atom is -0.497 e. The Morgan fingerprint density at radius 3 is 2.48 bits per heavy atom. The number of hydrogen-bond donors (Lipinski definition) is 4. The standard InChI is InChI=1S/C60H71N9O9S/c1-39-6-4-5-7-47(39)54-37-65(36-41-8-11-45(76-3)12-9-41)27-28-67(54)44-33-60(34-44)22-25-66(26-23-60)43-10-14-48(51(31-43)68-50-19-29-77-38-55(50)78-58-53(68)30-42-18-24-61-56(42)63-58)57(70)64-79(74,75)46-13-15-49(52(32-46)69(72)73)62-35-40-16-20-59(2,71)21-17-40/h4-15,18,24,30-32,40,44,50,54-55,62,71H,16-17,19-23,25-29,33-38H2,1-3H3,(H,61,63)(H,64,70)/t40?,50-,54-,55-,59?/m0/s1. The SMILES string of the molecule is COc1ccc(CN2CCN(C3CC4(CCN(c5ccc(C(=O)NS(=O)(=O)c6ccc(NCC7CCC(C)(O)CC7)c([N+](=O)[O-])c6)c(N6c7cc8cc[nH]c8nc7O[C@H]7COCC[C@@H]76)c5)CC4)C3)[C@H](c3ccccc3C)C2)cc1. The lowest BCUT2D eigenvalue weighted by atomic mass is 9.59. The molecule has 2 saturated carbocycles. The minimum absolute atomic E-state index is 0.112. The Morgan fingerprint density at radius 2 is 1.72 bits per heavy atom. The highest BCUT2D eigenvalue weighted by Crippen LogP contribution is 2.54. The Kier molecular flexibility index (Phi) is 14.3. The second kappa shape index (κ2) is 21.4. The van der Waals surface area contributed by atoms with Crippen molar-refractivity contribution in [2.45, 2.75) is 113 Å². The van der Waals surface area contributed by atoms with Gasteiger partial charge < -0.3 is 39.4 Å². The van der Waals surface area contributed by atoms with Crippen LogP contribution in [0.25, 0.3) is 11.0 Å². The lowest BCUT2D eigenvalue weighted by Gasteiger charge is -2.58. The van der Waals surface area contributed by atoms with Crippen molar-refractivity contribution in [1.82, 2.24) is 24.5 Å². The lowest BCUT2D eigenvalue weighted by molar-refractivity contribution is -0.384. The van der Waals surface area contributed by atoms with Gasteiger partial charge in [0.2, 0.25) is 5.88 Å². The number of rotatable bonds is 14. The molecule has 4 N–H and O–H groups in total. The number of sulfonamides is 1. The summed E-state index contributed by atoms with van der Waals surface area (Å²) in [5.41, 5.74) is 6.08. The molecule has 416 valence electrons. The summed E-state index contributed by atoms with van der Waals surface area (Å²) in [6, 6.07) is 30.9. The van der Waals surface area contributed by atoms with Gasteiger partial charge in [-0.1, -0.05) is 36.4 Å². The number of fused-ring (bicyclic) bond motifs is 3. The largest absolute Gasteiger partial charge is 0.497 e. The molecule has 0 radical (unpaired) electrons. The summed E-state index contributed by atoms with van der Waals surface area (Å²) < 4.78 is 48.7. The predicted octanol–water partition coefficient (Wildman–Crippen LogP) is 9.26. The van der Waals surface area contributed by atoms with Gasteiger partial charge in [0.05, 0.1) is 46.4 Å². The summed E-state index contributed by atoms with van der Waals surface area (Å²) in [6.07, 6.45) is 9.06. The first kappa shape index (κ1) is 52.9. The Balaban J connectivity index is 0.794. The molecule has 79 heavy (non-hydrogen) atoms. The molecular formula is C60H71N9O9S. The van der Waals surface area contributed by atoms with E-state index in [0.29, 0.717) is 74.0 Å². The van der Waals surface area contributed by atoms with Crippen LogP contribution in [-0.2, 0) is 21.3 Å². The Morgan fingerprint density at radius 1 is 0.937 bits per heavy atom. The van der Waals surface area contributed by atoms with Crippen LogP contribution in [0.2, 0.25) is 0 Å².